The van der Waals surface area contributed by atoms with Gasteiger partial charge in [0.05, 0.1) is 23.9 Å². The van der Waals surface area contributed by atoms with Gasteiger partial charge in [-0.05, 0) is 23.8 Å². The molecule has 0 aliphatic carbocycles. The van der Waals surface area contributed by atoms with Crippen LogP contribution in [0.3, 0.4) is 0 Å². The second kappa shape index (κ2) is 4.21. The Kier molecular flexibility index (Phi) is 2.53. The first-order valence-corrected chi connectivity index (χ1v) is 5.84. The topological polar surface area (TPSA) is 50.9 Å². The van der Waals surface area contributed by atoms with E-state index >= 15 is 0 Å². The van der Waals surface area contributed by atoms with Crippen LogP contribution in [0, 0.1) is 22.6 Å². The minimum absolute atomic E-state index is 0.282. The summed E-state index contributed by atoms with van der Waals surface area (Å²) in [7, 11) is 0. The molecule has 3 nitrogen and oxygen atoms in total. The van der Waals surface area contributed by atoms with Gasteiger partial charge in [0.25, 0.3) is 0 Å². The van der Waals surface area contributed by atoms with Crippen molar-refractivity contribution in [2.75, 3.05) is 4.90 Å². The number of fused-ring (bicyclic) bond motifs is 1. The van der Waals surface area contributed by atoms with Crippen LogP contribution in [0.15, 0.2) is 42.5 Å². The number of anilines is 1. The molecule has 0 atom stereocenters. The lowest BCUT2D eigenvalue weighted by molar-refractivity contribution is 0.626. The number of nitriles is 1. The van der Waals surface area contributed by atoms with Crippen LogP contribution in [-0.4, -0.2) is 5.84 Å². The van der Waals surface area contributed by atoms with E-state index < -0.39 is 5.82 Å². The van der Waals surface area contributed by atoms with Crippen molar-refractivity contribution in [3.8, 4) is 6.07 Å². The fourth-order valence-electron chi connectivity index (χ4n) is 2.28. The molecular formula is C15H10FN3. The first kappa shape index (κ1) is 11.4. The van der Waals surface area contributed by atoms with Crippen molar-refractivity contribution in [1.29, 1.82) is 10.7 Å². The average Bonchev–Trinajstić information content (AvgIpc) is 2.76. The van der Waals surface area contributed by atoms with Gasteiger partial charge in [-0.3, -0.25) is 5.41 Å². The van der Waals surface area contributed by atoms with Gasteiger partial charge < -0.3 is 4.90 Å². The van der Waals surface area contributed by atoms with Crippen LogP contribution in [0.4, 0.5) is 10.1 Å². The van der Waals surface area contributed by atoms with Gasteiger partial charge in [0.2, 0.25) is 0 Å². The van der Waals surface area contributed by atoms with Crippen LogP contribution in [0.5, 0.6) is 0 Å². The Morgan fingerprint density at radius 1 is 1.21 bits per heavy atom. The van der Waals surface area contributed by atoms with Crippen molar-refractivity contribution in [2.24, 2.45) is 0 Å². The molecule has 92 valence electrons. The zero-order chi connectivity index (χ0) is 13.4. The summed E-state index contributed by atoms with van der Waals surface area (Å²) in [6.07, 6.45) is 0. The minimum Gasteiger partial charge on any atom is -0.319 e. The molecule has 19 heavy (non-hydrogen) atoms. The Morgan fingerprint density at radius 3 is 2.68 bits per heavy atom. The lowest BCUT2D eigenvalue weighted by Gasteiger charge is -2.18. The van der Waals surface area contributed by atoms with Crippen LogP contribution in [0.25, 0.3) is 0 Å². The Hall–Kier alpha value is -2.67. The van der Waals surface area contributed by atoms with Gasteiger partial charge in [-0.15, -0.1) is 0 Å². The Morgan fingerprint density at radius 2 is 2.00 bits per heavy atom. The molecule has 2 aromatic carbocycles. The normalized spacial score (nSPS) is 13.3. The van der Waals surface area contributed by atoms with E-state index in [0.717, 1.165) is 11.1 Å². The Labute approximate surface area is 110 Å². The molecule has 0 radical (unpaired) electrons. The van der Waals surface area contributed by atoms with Crippen LogP contribution in [0.1, 0.15) is 16.7 Å². The highest BCUT2D eigenvalue weighted by atomic mass is 19.1. The molecular weight excluding hydrogens is 241 g/mol. The number of nitrogens with one attached hydrogen (secondary N) is 1. The number of amidine groups is 1. The highest BCUT2D eigenvalue weighted by molar-refractivity contribution is 6.11. The molecule has 0 fully saturated rings. The van der Waals surface area contributed by atoms with Crippen LogP contribution in [-0.2, 0) is 6.54 Å². The van der Waals surface area contributed by atoms with Crippen molar-refractivity contribution in [3.05, 3.63) is 65.0 Å². The predicted molar refractivity (Wildman–Crippen MR) is 70.6 cm³/mol. The summed E-state index contributed by atoms with van der Waals surface area (Å²) in [5.74, 6) is -0.184. The first-order valence-electron chi connectivity index (χ1n) is 5.84. The monoisotopic (exact) mass is 251 g/mol. The summed E-state index contributed by atoms with van der Waals surface area (Å²) >= 11 is 0. The van der Waals surface area contributed by atoms with Crippen molar-refractivity contribution >= 4 is 11.5 Å². The van der Waals surface area contributed by atoms with Crippen molar-refractivity contribution in [1.82, 2.24) is 0 Å². The third kappa shape index (κ3) is 1.76. The zero-order valence-corrected chi connectivity index (χ0v) is 10.0. The molecule has 1 aliphatic heterocycles. The minimum atomic E-state index is -0.475. The summed E-state index contributed by atoms with van der Waals surface area (Å²) in [4.78, 5) is 1.61. The summed E-state index contributed by atoms with van der Waals surface area (Å²) in [6, 6.07) is 13.8. The lowest BCUT2D eigenvalue weighted by Crippen LogP contribution is -2.24. The molecule has 0 aromatic heterocycles. The summed E-state index contributed by atoms with van der Waals surface area (Å²) in [6.45, 7) is 0.484. The van der Waals surface area contributed by atoms with E-state index in [4.69, 9.17) is 10.7 Å². The zero-order valence-electron chi connectivity index (χ0n) is 10.0. The van der Waals surface area contributed by atoms with E-state index in [1.807, 2.05) is 30.3 Å². The van der Waals surface area contributed by atoms with Crippen LogP contribution in [0.2, 0.25) is 0 Å². The van der Waals surface area contributed by atoms with E-state index in [1.165, 1.54) is 6.07 Å². The molecule has 1 N–H and O–H groups in total. The Bertz CT molecular complexity index is 716. The number of hydrogen-bond acceptors (Lipinski definition) is 2. The van der Waals surface area contributed by atoms with E-state index in [2.05, 4.69) is 0 Å². The van der Waals surface area contributed by atoms with E-state index in [-0.39, 0.29) is 5.56 Å². The van der Waals surface area contributed by atoms with Gasteiger partial charge in [-0.2, -0.15) is 5.26 Å². The SMILES string of the molecule is N#Cc1ccc(N2Cc3ccccc3C2=N)c(F)c1. The number of nitrogens with zero attached hydrogens (tertiary/aromatic N) is 2. The first-order chi connectivity index (χ1) is 9.20. The molecule has 4 heteroatoms. The Balaban J connectivity index is 2.03. The maximum atomic E-state index is 14.0. The van der Waals surface area contributed by atoms with E-state index in [0.29, 0.717) is 18.1 Å². The fourth-order valence-corrected chi connectivity index (χ4v) is 2.28. The molecule has 0 bridgehead atoms. The third-order valence-electron chi connectivity index (χ3n) is 3.24. The van der Waals surface area contributed by atoms with Crippen molar-refractivity contribution in [2.45, 2.75) is 6.54 Å². The molecule has 2 aromatic rings. The van der Waals surface area contributed by atoms with Gasteiger partial charge in [0.1, 0.15) is 11.7 Å². The quantitative estimate of drug-likeness (QED) is 0.846. The molecule has 0 amide bonds. The largest absolute Gasteiger partial charge is 0.319 e. The molecule has 3 rings (SSSR count). The van der Waals surface area contributed by atoms with Crippen molar-refractivity contribution < 1.29 is 4.39 Å². The summed E-state index contributed by atoms with van der Waals surface area (Å²) < 4.78 is 14.0. The highest BCUT2D eigenvalue weighted by Crippen LogP contribution is 2.30. The fraction of sp³-hybridized carbons (Fsp3) is 0.0667. The summed E-state index contributed by atoms with van der Waals surface area (Å²) in [5.41, 5.74) is 2.45. The predicted octanol–water partition coefficient (Wildman–Crippen LogP) is 3.04. The molecule has 1 heterocycles. The number of rotatable bonds is 1. The maximum absolute atomic E-state index is 14.0. The van der Waals surface area contributed by atoms with Gasteiger partial charge in [0, 0.05) is 5.56 Å². The molecule has 0 unspecified atom stereocenters. The molecule has 1 aliphatic rings. The third-order valence-corrected chi connectivity index (χ3v) is 3.24. The molecule has 0 spiro atoms. The number of benzene rings is 2. The van der Waals surface area contributed by atoms with Gasteiger partial charge >= 0.3 is 0 Å². The second-order valence-corrected chi connectivity index (χ2v) is 4.37. The summed E-state index contributed by atoms with van der Waals surface area (Å²) in [5, 5.41) is 16.9. The smallest absolute Gasteiger partial charge is 0.148 e. The standard InChI is InChI=1S/C15H10FN3/c16-13-7-10(8-17)5-6-14(13)19-9-11-3-1-2-4-12(11)15(19)18/h1-7,18H,9H2. The highest BCUT2D eigenvalue weighted by Gasteiger charge is 2.26. The molecule has 0 saturated carbocycles. The van der Waals surface area contributed by atoms with E-state index in [1.54, 1.807) is 17.0 Å². The average molecular weight is 251 g/mol. The van der Waals surface area contributed by atoms with Crippen molar-refractivity contribution in [3.63, 3.8) is 0 Å². The van der Waals surface area contributed by atoms with Crippen LogP contribution < -0.4 is 4.90 Å². The van der Waals surface area contributed by atoms with Gasteiger partial charge in [-0.1, -0.05) is 24.3 Å². The van der Waals surface area contributed by atoms with Crippen LogP contribution >= 0.6 is 0 Å². The van der Waals surface area contributed by atoms with Gasteiger partial charge in [0.15, 0.2) is 0 Å². The van der Waals surface area contributed by atoms with Gasteiger partial charge in [-0.25, -0.2) is 4.39 Å². The second-order valence-electron chi connectivity index (χ2n) is 4.37. The number of halogens is 1. The number of hydrogen-bond donors (Lipinski definition) is 1. The maximum Gasteiger partial charge on any atom is 0.148 e. The molecule has 0 saturated heterocycles. The lowest BCUT2D eigenvalue weighted by atomic mass is 10.1. The van der Waals surface area contributed by atoms with E-state index in [9.17, 15) is 4.39 Å².